The molecule has 6 aliphatic rings. The zero-order valence-corrected chi connectivity index (χ0v) is 18.8. The summed E-state index contributed by atoms with van der Waals surface area (Å²) in [5.74, 6) is -3.88. The quantitative estimate of drug-likeness (QED) is 0.235. The number of hydrogen-bond acceptors (Lipinski definition) is 8. The Kier molecular flexibility index (Phi) is 2.58. The van der Waals surface area contributed by atoms with Crippen LogP contribution in [-0.4, -0.2) is 63.0 Å². The number of nitrogens with zero attached hydrogens (tertiary/aromatic N) is 4. The minimum absolute atomic E-state index is 0.540. The van der Waals surface area contributed by atoms with Crippen LogP contribution >= 0.6 is 0 Å². The second-order valence-corrected chi connectivity index (χ2v) is 29.9. The Morgan fingerprint density at radius 3 is 1.15 bits per heavy atom. The van der Waals surface area contributed by atoms with E-state index >= 15 is 0 Å². The van der Waals surface area contributed by atoms with Gasteiger partial charge in [0, 0.05) is 0 Å². The normalized spacial score (nSPS) is 54.3. The van der Waals surface area contributed by atoms with Crippen LogP contribution in [-0.2, 0) is 0 Å². The zero-order chi connectivity index (χ0) is 20.2. The molecule has 0 aromatic heterocycles. The molecule has 0 aromatic carbocycles. The molecule has 0 amide bonds. The van der Waals surface area contributed by atoms with Gasteiger partial charge in [0.2, 0.25) is 0 Å². The molecule has 0 heterocycles. The Bertz CT molecular complexity index is 793. The fourth-order valence-electron chi connectivity index (χ4n) is 10.0. The van der Waals surface area contributed by atoms with Gasteiger partial charge in [0.05, 0.1) is 0 Å². The van der Waals surface area contributed by atoms with E-state index in [1.807, 2.05) is 20.8 Å². The molecule has 0 atom stereocenters. The van der Waals surface area contributed by atoms with Crippen LogP contribution in [0.5, 0.6) is 0 Å². The molecule has 6 aliphatic carbocycles. The van der Waals surface area contributed by atoms with E-state index in [1.165, 1.54) is 0 Å². The molecule has 0 N–H and O–H groups in total. The van der Waals surface area contributed by atoms with Crippen molar-refractivity contribution in [3.8, 4) is 0 Å². The molecule has 6 fully saturated rings. The number of rotatable bonds is 8. The van der Waals surface area contributed by atoms with Gasteiger partial charge in [0.15, 0.2) is 0 Å². The molecular weight excluding hydrogens is 559 g/mol. The molecule has 0 saturated heterocycles. The van der Waals surface area contributed by atoms with E-state index in [2.05, 4.69) is 0 Å². The average Bonchev–Trinajstić information content (AvgIpc) is 2.61. The van der Waals surface area contributed by atoms with Gasteiger partial charge in [0.25, 0.3) is 0 Å². The van der Waals surface area contributed by atoms with Crippen LogP contribution in [0.2, 0.25) is 14.9 Å². The van der Waals surface area contributed by atoms with Crippen LogP contribution in [0.1, 0.15) is 20.8 Å². The van der Waals surface area contributed by atoms with Crippen molar-refractivity contribution in [3.63, 3.8) is 0 Å². The first-order valence-corrected chi connectivity index (χ1v) is 19.3. The number of nitro groups is 4. The fraction of sp³-hybridized carbons (Fsp3) is 1.00. The van der Waals surface area contributed by atoms with Gasteiger partial charge >= 0.3 is 157 Å². The van der Waals surface area contributed by atoms with Gasteiger partial charge in [-0.3, -0.25) is 0 Å². The Morgan fingerprint density at radius 1 is 0.667 bits per heavy atom. The van der Waals surface area contributed by atoms with Gasteiger partial charge in [-0.1, -0.05) is 0 Å². The Labute approximate surface area is 156 Å². The molecular formula is C14H18N4O8Pb. The molecule has 6 rings (SSSR count). The second-order valence-electron chi connectivity index (χ2n) is 8.78. The summed E-state index contributed by atoms with van der Waals surface area (Å²) in [4.78, 5) is 46.1. The maximum atomic E-state index is 12.3. The van der Waals surface area contributed by atoms with E-state index in [1.54, 1.807) is 0 Å². The molecule has 12 nitrogen and oxygen atoms in total. The van der Waals surface area contributed by atoms with Crippen LogP contribution < -0.4 is 0 Å². The summed E-state index contributed by atoms with van der Waals surface area (Å²) >= 11 is -3.99. The van der Waals surface area contributed by atoms with E-state index in [0.29, 0.717) is 11.9 Å². The predicted molar refractivity (Wildman–Crippen MR) is 89.3 cm³/mol. The summed E-state index contributed by atoms with van der Waals surface area (Å²) < 4.78 is 0.0850. The summed E-state index contributed by atoms with van der Waals surface area (Å²) in [5, 5.41) is 48.5. The third kappa shape index (κ3) is 0.842. The van der Waals surface area contributed by atoms with Crippen molar-refractivity contribution in [2.24, 2.45) is 17.8 Å². The molecule has 0 spiro atoms. The molecule has 0 bridgehead atoms. The summed E-state index contributed by atoms with van der Waals surface area (Å²) in [5.41, 5.74) is -7.29. The SMILES string of the molecule is C[CH2][Pb]([CH2]C)([CH2]C)[C]12C3([N+](=O)[O-])C4C5([N+](=O)[O-])C3C1([N+](=O)[O-])C5C42[N+](=O)[O-]. The average molecular weight is 578 g/mol. The van der Waals surface area contributed by atoms with E-state index in [-0.39, 0.29) is 0 Å². The van der Waals surface area contributed by atoms with Crippen molar-refractivity contribution in [3.05, 3.63) is 40.5 Å². The first kappa shape index (κ1) is 17.6. The topological polar surface area (TPSA) is 173 Å². The van der Waals surface area contributed by atoms with E-state index in [0.717, 1.165) is 0 Å². The van der Waals surface area contributed by atoms with Gasteiger partial charge in [-0.25, -0.2) is 0 Å². The third-order valence-corrected chi connectivity index (χ3v) is 36.5. The zero-order valence-electron chi connectivity index (χ0n) is 14.9. The summed E-state index contributed by atoms with van der Waals surface area (Å²) in [6.45, 7) is 5.52. The number of hydrogen-bond donors (Lipinski definition) is 0. The van der Waals surface area contributed by atoms with Crippen molar-refractivity contribution in [1.29, 1.82) is 0 Å². The minimum atomic E-state index is -3.99. The molecule has 0 aliphatic heterocycles. The summed E-state index contributed by atoms with van der Waals surface area (Å²) in [7, 11) is 0. The van der Waals surface area contributed by atoms with Gasteiger partial charge < -0.3 is 0 Å². The molecule has 6 saturated carbocycles. The first-order valence-electron chi connectivity index (χ1n) is 9.14. The molecule has 13 heteroatoms. The van der Waals surface area contributed by atoms with Crippen LogP contribution in [0, 0.1) is 58.2 Å². The Balaban J connectivity index is 1.87. The summed E-state index contributed by atoms with van der Waals surface area (Å²) in [6.07, 6.45) is 0. The van der Waals surface area contributed by atoms with E-state index in [4.69, 9.17) is 0 Å². The monoisotopic (exact) mass is 578 g/mol. The molecule has 0 radical (unpaired) electrons. The van der Waals surface area contributed by atoms with E-state index < -0.39 is 83.7 Å². The van der Waals surface area contributed by atoms with Crippen LogP contribution in [0.4, 0.5) is 0 Å². The van der Waals surface area contributed by atoms with Crippen LogP contribution in [0.15, 0.2) is 0 Å². The van der Waals surface area contributed by atoms with Crippen molar-refractivity contribution >= 4 is 21.2 Å². The standard InChI is InChI=1S/C8H3N4O8.3C2H5.Pb/c13-9(14)5-1-6(10(15)16)2(5)8(12(19)20)3(5)7(1,4(6)8)11(17)18;3*1-2;/h1-3H;3*1H2,2H3;. The van der Waals surface area contributed by atoms with Crippen molar-refractivity contribution in [2.75, 3.05) is 0 Å². The molecule has 146 valence electrons. The van der Waals surface area contributed by atoms with Crippen molar-refractivity contribution in [2.45, 2.75) is 57.8 Å². The van der Waals surface area contributed by atoms with E-state index in [9.17, 15) is 40.5 Å². The van der Waals surface area contributed by atoms with Crippen LogP contribution in [0.3, 0.4) is 0 Å². The first-order chi connectivity index (χ1) is 12.6. The van der Waals surface area contributed by atoms with Crippen molar-refractivity contribution < 1.29 is 19.7 Å². The molecule has 0 aromatic rings. The third-order valence-electron chi connectivity index (χ3n) is 9.88. The second kappa shape index (κ2) is 3.96. The van der Waals surface area contributed by atoms with Crippen molar-refractivity contribution in [1.82, 2.24) is 0 Å². The maximum absolute atomic E-state index is 12.3. The fourth-order valence-corrected chi connectivity index (χ4v) is 36.4. The Morgan fingerprint density at radius 2 is 0.963 bits per heavy atom. The Hall–Kier alpha value is -1.48. The van der Waals surface area contributed by atoms with Gasteiger partial charge in [-0.2, -0.15) is 0 Å². The predicted octanol–water partition coefficient (Wildman–Crippen LogP) is 1.21. The van der Waals surface area contributed by atoms with Gasteiger partial charge in [0.1, 0.15) is 0 Å². The van der Waals surface area contributed by atoms with Gasteiger partial charge in [-0.05, 0) is 0 Å². The van der Waals surface area contributed by atoms with Gasteiger partial charge in [-0.15, -0.1) is 0 Å². The van der Waals surface area contributed by atoms with Crippen LogP contribution in [0.25, 0.3) is 0 Å². The summed E-state index contributed by atoms with van der Waals surface area (Å²) in [6, 6.07) is 0. The molecule has 0 unspecified atom stereocenters. The molecule has 27 heavy (non-hydrogen) atoms.